The highest BCUT2D eigenvalue weighted by atomic mass is 16.5. The van der Waals surface area contributed by atoms with Crippen molar-refractivity contribution in [2.45, 2.75) is 33.7 Å². The van der Waals surface area contributed by atoms with Gasteiger partial charge in [-0.15, -0.1) is 0 Å². The molecule has 0 atom stereocenters. The molecule has 1 heterocycles. The number of rotatable bonds is 6. The van der Waals surface area contributed by atoms with E-state index < -0.39 is 0 Å². The van der Waals surface area contributed by atoms with Crippen LogP contribution in [-0.2, 0) is 6.54 Å². The Bertz CT molecular complexity index is 628. The second-order valence-electron chi connectivity index (χ2n) is 6.71. The summed E-state index contributed by atoms with van der Waals surface area (Å²) in [4.78, 5) is 8.61. The molecule has 0 bridgehead atoms. The van der Waals surface area contributed by atoms with Crippen LogP contribution < -0.4 is 10.5 Å². The van der Waals surface area contributed by atoms with Crippen molar-refractivity contribution in [2.75, 3.05) is 6.61 Å². The van der Waals surface area contributed by atoms with Crippen LogP contribution in [0.4, 0.5) is 0 Å². The maximum Gasteiger partial charge on any atom is 0.126 e. The number of amidine groups is 1. The average molecular weight is 311 g/mol. The van der Waals surface area contributed by atoms with E-state index in [1.807, 2.05) is 42.5 Å². The highest BCUT2D eigenvalue weighted by Crippen LogP contribution is 2.19. The summed E-state index contributed by atoms with van der Waals surface area (Å²) in [5.74, 6) is 1.37. The van der Waals surface area contributed by atoms with Crippen LogP contribution in [0.3, 0.4) is 0 Å². The molecule has 0 aliphatic carbocycles. The maximum absolute atomic E-state index is 6.03. The first-order valence-corrected chi connectivity index (χ1v) is 7.87. The van der Waals surface area contributed by atoms with Crippen LogP contribution in [0, 0.1) is 5.41 Å². The molecular weight excluding hydrogens is 286 g/mol. The van der Waals surface area contributed by atoms with Crippen LogP contribution in [0.25, 0.3) is 0 Å². The highest BCUT2D eigenvalue weighted by Gasteiger charge is 2.09. The van der Waals surface area contributed by atoms with Crippen molar-refractivity contribution < 1.29 is 4.74 Å². The fourth-order valence-electron chi connectivity index (χ4n) is 1.95. The second-order valence-corrected chi connectivity index (χ2v) is 6.71. The van der Waals surface area contributed by atoms with Gasteiger partial charge in [-0.2, -0.15) is 0 Å². The molecule has 0 aliphatic rings. The van der Waals surface area contributed by atoms with Crippen LogP contribution in [0.2, 0.25) is 0 Å². The summed E-state index contributed by atoms with van der Waals surface area (Å²) in [5, 5.41) is 0. The Morgan fingerprint density at radius 3 is 2.48 bits per heavy atom. The fraction of sp³-hybridized carbons (Fsp3) is 0.368. The van der Waals surface area contributed by atoms with Crippen LogP contribution in [0.15, 0.2) is 53.7 Å². The molecule has 0 unspecified atom stereocenters. The quantitative estimate of drug-likeness (QED) is 0.652. The highest BCUT2D eigenvalue weighted by molar-refractivity contribution is 5.97. The van der Waals surface area contributed by atoms with Crippen LogP contribution in [0.1, 0.15) is 38.4 Å². The largest absolute Gasteiger partial charge is 0.494 e. The number of pyridine rings is 1. The number of ether oxygens (including phenoxy) is 1. The van der Waals surface area contributed by atoms with Crippen molar-refractivity contribution >= 4 is 5.84 Å². The van der Waals surface area contributed by atoms with E-state index in [0.717, 1.165) is 23.4 Å². The smallest absolute Gasteiger partial charge is 0.126 e. The molecule has 0 radical (unpaired) electrons. The normalized spacial score (nSPS) is 12.2. The molecule has 4 nitrogen and oxygen atoms in total. The molecule has 0 fully saturated rings. The molecule has 0 saturated carbocycles. The fourth-order valence-corrected chi connectivity index (χ4v) is 1.95. The Hall–Kier alpha value is -2.36. The minimum atomic E-state index is 0.280. The lowest BCUT2D eigenvalue weighted by atomic mass is 9.93. The number of benzene rings is 1. The predicted octanol–water partition coefficient (Wildman–Crippen LogP) is 3.80. The molecule has 0 aliphatic heterocycles. The molecule has 23 heavy (non-hydrogen) atoms. The van der Waals surface area contributed by atoms with E-state index in [-0.39, 0.29) is 5.41 Å². The van der Waals surface area contributed by atoms with Gasteiger partial charge in [-0.25, -0.2) is 0 Å². The van der Waals surface area contributed by atoms with Crippen molar-refractivity contribution in [2.24, 2.45) is 16.1 Å². The monoisotopic (exact) mass is 311 g/mol. The molecule has 4 heteroatoms. The molecule has 2 rings (SSSR count). The zero-order valence-corrected chi connectivity index (χ0v) is 14.1. The van der Waals surface area contributed by atoms with Gasteiger partial charge in [-0.05, 0) is 48.2 Å². The Morgan fingerprint density at radius 1 is 1.13 bits per heavy atom. The molecular formula is C19H25N3O. The molecule has 2 N–H and O–H groups in total. The topological polar surface area (TPSA) is 60.5 Å². The summed E-state index contributed by atoms with van der Waals surface area (Å²) in [6.07, 6.45) is 2.77. The Kier molecular flexibility index (Phi) is 5.74. The summed E-state index contributed by atoms with van der Waals surface area (Å²) in [5.41, 5.74) is 8.11. The van der Waals surface area contributed by atoms with E-state index in [1.54, 1.807) is 6.20 Å². The standard InChI is InChI=1S/C19H25N3O/c1-19(2,3)11-13-23-17-9-7-15(8-10-17)18(20)22-14-16-6-4-5-12-21-16/h4-10,12H,11,13-14H2,1-3H3,(H2,20,22). The van der Waals surface area contributed by atoms with Crippen LogP contribution in [-0.4, -0.2) is 17.4 Å². The molecule has 0 saturated heterocycles. The van der Waals surface area contributed by atoms with E-state index in [0.29, 0.717) is 19.0 Å². The zero-order chi connectivity index (χ0) is 16.7. The average Bonchev–Trinajstić information content (AvgIpc) is 2.53. The van der Waals surface area contributed by atoms with E-state index in [9.17, 15) is 0 Å². The first-order valence-electron chi connectivity index (χ1n) is 7.87. The number of nitrogens with two attached hydrogens (primary N) is 1. The Labute approximate surface area is 138 Å². The summed E-state index contributed by atoms with van der Waals surface area (Å²) < 4.78 is 5.76. The Balaban J connectivity index is 1.90. The third-order valence-corrected chi connectivity index (χ3v) is 3.41. The van der Waals surface area contributed by atoms with Crippen molar-refractivity contribution in [1.29, 1.82) is 0 Å². The third kappa shape index (κ3) is 6.10. The molecule has 1 aromatic carbocycles. The first-order chi connectivity index (χ1) is 10.9. The van der Waals surface area contributed by atoms with Gasteiger partial charge in [0.25, 0.3) is 0 Å². The van der Waals surface area contributed by atoms with Gasteiger partial charge in [-0.1, -0.05) is 26.8 Å². The molecule has 0 spiro atoms. The molecule has 0 amide bonds. The predicted molar refractivity (Wildman–Crippen MR) is 94.7 cm³/mol. The van der Waals surface area contributed by atoms with E-state index in [1.165, 1.54) is 0 Å². The van der Waals surface area contributed by atoms with Crippen molar-refractivity contribution in [3.05, 3.63) is 59.9 Å². The van der Waals surface area contributed by atoms with Crippen molar-refractivity contribution in [1.82, 2.24) is 4.98 Å². The van der Waals surface area contributed by atoms with Crippen LogP contribution in [0.5, 0.6) is 5.75 Å². The van der Waals surface area contributed by atoms with E-state index >= 15 is 0 Å². The van der Waals surface area contributed by atoms with Crippen molar-refractivity contribution in [3.63, 3.8) is 0 Å². The summed E-state index contributed by atoms with van der Waals surface area (Å²) in [7, 11) is 0. The SMILES string of the molecule is CC(C)(C)CCOc1ccc(C(N)=NCc2ccccn2)cc1. The number of nitrogens with zero attached hydrogens (tertiary/aromatic N) is 2. The van der Waals surface area contributed by atoms with E-state index in [2.05, 4.69) is 30.7 Å². The van der Waals surface area contributed by atoms with Gasteiger partial charge in [0.15, 0.2) is 0 Å². The second kappa shape index (κ2) is 7.77. The van der Waals surface area contributed by atoms with Gasteiger partial charge in [-0.3, -0.25) is 9.98 Å². The molecule has 2 aromatic rings. The Morgan fingerprint density at radius 2 is 1.87 bits per heavy atom. The maximum atomic E-state index is 6.03. The minimum absolute atomic E-state index is 0.280. The van der Waals surface area contributed by atoms with Gasteiger partial charge >= 0.3 is 0 Å². The third-order valence-electron chi connectivity index (χ3n) is 3.41. The van der Waals surface area contributed by atoms with Gasteiger partial charge in [0.05, 0.1) is 18.8 Å². The summed E-state index contributed by atoms with van der Waals surface area (Å²) in [6, 6.07) is 13.5. The summed E-state index contributed by atoms with van der Waals surface area (Å²) in [6.45, 7) is 7.82. The van der Waals surface area contributed by atoms with Crippen molar-refractivity contribution in [3.8, 4) is 5.75 Å². The molecule has 1 aromatic heterocycles. The van der Waals surface area contributed by atoms with Gasteiger partial charge in [0, 0.05) is 11.8 Å². The van der Waals surface area contributed by atoms with Crippen LogP contribution >= 0.6 is 0 Å². The number of aromatic nitrogens is 1. The lowest BCUT2D eigenvalue weighted by molar-refractivity contribution is 0.243. The zero-order valence-electron chi connectivity index (χ0n) is 14.1. The number of hydrogen-bond donors (Lipinski definition) is 1. The van der Waals surface area contributed by atoms with E-state index in [4.69, 9.17) is 10.5 Å². The minimum Gasteiger partial charge on any atom is -0.494 e. The molecule has 122 valence electrons. The first kappa shape index (κ1) is 17.0. The van der Waals surface area contributed by atoms with Gasteiger partial charge in [0.1, 0.15) is 11.6 Å². The lowest BCUT2D eigenvalue weighted by Crippen LogP contribution is -2.14. The number of hydrogen-bond acceptors (Lipinski definition) is 3. The number of aliphatic imine (C=N–C) groups is 1. The van der Waals surface area contributed by atoms with Gasteiger partial charge in [0.2, 0.25) is 0 Å². The summed E-state index contributed by atoms with van der Waals surface area (Å²) >= 11 is 0. The van der Waals surface area contributed by atoms with Gasteiger partial charge < -0.3 is 10.5 Å². The lowest BCUT2D eigenvalue weighted by Gasteiger charge is -2.18.